The number of hydrogen-bond donors (Lipinski definition) is 0. The van der Waals surface area contributed by atoms with Crippen LogP contribution in [0.1, 0.15) is 23.4 Å². The van der Waals surface area contributed by atoms with Gasteiger partial charge in [-0.15, -0.1) is 0 Å². The van der Waals surface area contributed by atoms with Crippen molar-refractivity contribution in [2.24, 2.45) is 7.05 Å². The van der Waals surface area contributed by atoms with Crippen LogP contribution < -0.4 is 9.47 Å². The van der Waals surface area contributed by atoms with Crippen molar-refractivity contribution in [3.8, 4) is 11.5 Å². The van der Waals surface area contributed by atoms with E-state index in [0.29, 0.717) is 26.0 Å². The van der Waals surface area contributed by atoms with Crippen molar-refractivity contribution >= 4 is 5.91 Å². The lowest BCUT2D eigenvalue weighted by atomic mass is 10.1. The molecule has 0 spiro atoms. The fourth-order valence-electron chi connectivity index (χ4n) is 3.16. The zero-order valence-electron chi connectivity index (χ0n) is 15.3. The number of para-hydroxylation sites is 2. The van der Waals surface area contributed by atoms with Crippen LogP contribution in [0, 0.1) is 13.8 Å². The van der Waals surface area contributed by atoms with Gasteiger partial charge in [0.25, 0.3) is 0 Å². The molecule has 1 aromatic heterocycles. The highest BCUT2D eigenvalue weighted by Gasteiger charge is 2.23. The van der Waals surface area contributed by atoms with Crippen LogP contribution in [-0.2, 0) is 18.3 Å². The van der Waals surface area contributed by atoms with Crippen LogP contribution in [0.4, 0.5) is 0 Å². The standard InChI is InChI=1S/C19H25N3O3/c1-13-16(14(2)22(4)20-13)9-10-19(23)21(3)11-15-12-24-17-7-5-6-8-18(17)25-15/h5-8,15H,9-12H2,1-4H3. The Morgan fingerprint density at radius 2 is 2.04 bits per heavy atom. The van der Waals surface area contributed by atoms with Crippen LogP contribution in [0.25, 0.3) is 0 Å². The average molecular weight is 343 g/mol. The third-order valence-electron chi connectivity index (χ3n) is 4.72. The molecular weight excluding hydrogens is 318 g/mol. The van der Waals surface area contributed by atoms with Gasteiger partial charge in [-0.25, -0.2) is 0 Å². The number of amides is 1. The molecule has 1 atom stereocenters. The summed E-state index contributed by atoms with van der Waals surface area (Å²) in [4.78, 5) is 14.2. The summed E-state index contributed by atoms with van der Waals surface area (Å²) in [6, 6.07) is 7.61. The maximum Gasteiger partial charge on any atom is 0.222 e. The molecule has 3 rings (SSSR count). The van der Waals surface area contributed by atoms with Crippen molar-refractivity contribution in [2.75, 3.05) is 20.2 Å². The largest absolute Gasteiger partial charge is 0.486 e. The van der Waals surface area contributed by atoms with E-state index in [-0.39, 0.29) is 12.0 Å². The molecule has 1 aliphatic heterocycles. The maximum absolute atomic E-state index is 12.5. The Kier molecular flexibility index (Phi) is 4.97. The molecule has 1 amide bonds. The molecule has 0 saturated carbocycles. The Labute approximate surface area is 148 Å². The van der Waals surface area contributed by atoms with Crippen molar-refractivity contribution in [1.82, 2.24) is 14.7 Å². The highest BCUT2D eigenvalue weighted by molar-refractivity contribution is 5.76. The Bertz CT molecular complexity index is 769. The van der Waals surface area contributed by atoms with Gasteiger partial charge in [0.2, 0.25) is 5.91 Å². The normalized spacial score (nSPS) is 15.9. The summed E-state index contributed by atoms with van der Waals surface area (Å²) in [5, 5.41) is 4.40. The number of fused-ring (bicyclic) bond motifs is 1. The third kappa shape index (κ3) is 3.78. The van der Waals surface area contributed by atoms with Crippen LogP contribution in [-0.4, -0.2) is 46.9 Å². The van der Waals surface area contributed by atoms with Gasteiger partial charge >= 0.3 is 0 Å². The van der Waals surface area contributed by atoms with Gasteiger partial charge in [0, 0.05) is 26.2 Å². The monoisotopic (exact) mass is 343 g/mol. The quantitative estimate of drug-likeness (QED) is 0.836. The summed E-state index contributed by atoms with van der Waals surface area (Å²) >= 11 is 0. The van der Waals surface area contributed by atoms with Gasteiger partial charge in [0.05, 0.1) is 12.2 Å². The van der Waals surface area contributed by atoms with Gasteiger partial charge in [-0.05, 0) is 38.0 Å². The highest BCUT2D eigenvalue weighted by atomic mass is 16.6. The fraction of sp³-hybridized carbons (Fsp3) is 0.474. The fourth-order valence-corrected chi connectivity index (χ4v) is 3.16. The molecule has 0 bridgehead atoms. The summed E-state index contributed by atoms with van der Waals surface area (Å²) in [6.45, 7) is 4.99. The molecule has 6 heteroatoms. The first-order chi connectivity index (χ1) is 12.0. The van der Waals surface area contributed by atoms with Gasteiger partial charge in [-0.1, -0.05) is 12.1 Å². The van der Waals surface area contributed by atoms with Crippen LogP contribution in [0.15, 0.2) is 24.3 Å². The number of benzene rings is 1. The predicted octanol–water partition coefficient (Wildman–Crippen LogP) is 2.27. The number of carbonyl (C=O) groups excluding carboxylic acids is 1. The summed E-state index contributed by atoms with van der Waals surface area (Å²) in [5.41, 5.74) is 3.28. The molecule has 6 nitrogen and oxygen atoms in total. The van der Waals surface area contributed by atoms with E-state index in [1.165, 1.54) is 0 Å². The Morgan fingerprint density at radius 3 is 2.72 bits per heavy atom. The Balaban J connectivity index is 1.53. The second kappa shape index (κ2) is 7.17. The van der Waals surface area contributed by atoms with Crippen LogP contribution in [0.5, 0.6) is 11.5 Å². The second-order valence-electron chi connectivity index (χ2n) is 6.54. The van der Waals surface area contributed by atoms with E-state index in [0.717, 1.165) is 28.5 Å². The molecular formula is C19H25N3O3. The van der Waals surface area contributed by atoms with E-state index in [9.17, 15) is 4.79 Å². The van der Waals surface area contributed by atoms with Gasteiger partial charge in [-0.3, -0.25) is 9.48 Å². The molecule has 0 fully saturated rings. The zero-order valence-corrected chi connectivity index (χ0v) is 15.3. The summed E-state index contributed by atoms with van der Waals surface area (Å²) in [7, 11) is 3.74. The number of nitrogens with zero attached hydrogens (tertiary/aromatic N) is 3. The van der Waals surface area contributed by atoms with Crippen molar-refractivity contribution in [2.45, 2.75) is 32.8 Å². The van der Waals surface area contributed by atoms with Crippen molar-refractivity contribution in [1.29, 1.82) is 0 Å². The first-order valence-electron chi connectivity index (χ1n) is 8.57. The van der Waals surface area contributed by atoms with E-state index in [4.69, 9.17) is 9.47 Å². The number of aryl methyl sites for hydroxylation is 2. The summed E-state index contributed by atoms with van der Waals surface area (Å²) < 4.78 is 13.5. The van der Waals surface area contributed by atoms with E-state index in [1.807, 2.05) is 56.9 Å². The van der Waals surface area contributed by atoms with Crippen molar-refractivity contribution in [3.05, 3.63) is 41.2 Å². The number of rotatable bonds is 5. The minimum absolute atomic E-state index is 0.102. The molecule has 1 aromatic carbocycles. The molecule has 2 aromatic rings. The number of ether oxygens (including phenoxy) is 2. The Hall–Kier alpha value is -2.50. The molecule has 25 heavy (non-hydrogen) atoms. The van der Waals surface area contributed by atoms with E-state index in [1.54, 1.807) is 4.90 Å². The Morgan fingerprint density at radius 1 is 1.32 bits per heavy atom. The summed E-state index contributed by atoms with van der Waals surface area (Å²) in [6.07, 6.45) is 1.03. The lowest BCUT2D eigenvalue weighted by Crippen LogP contribution is -2.41. The van der Waals surface area contributed by atoms with Crippen LogP contribution in [0.3, 0.4) is 0 Å². The smallest absolute Gasteiger partial charge is 0.222 e. The minimum atomic E-state index is -0.147. The first kappa shape index (κ1) is 17.3. The molecule has 1 unspecified atom stereocenters. The number of likely N-dealkylation sites (N-methyl/N-ethyl adjacent to an activating group) is 1. The molecule has 0 aliphatic carbocycles. The second-order valence-corrected chi connectivity index (χ2v) is 6.54. The third-order valence-corrected chi connectivity index (χ3v) is 4.72. The van der Waals surface area contributed by atoms with Crippen LogP contribution >= 0.6 is 0 Å². The lowest BCUT2D eigenvalue weighted by Gasteiger charge is -2.29. The number of hydrogen-bond acceptors (Lipinski definition) is 4. The molecule has 2 heterocycles. The highest BCUT2D eigenvalue weighted by Crippen LogP contribution is 2.31. The van der Waals surface area contributed by atoms with E-state index >= 15 is 0 Å². The molecule has 0 N–H and O–H groups in total. The van der Waals surface area contributed by atoms with Gasteiger partial charge < -0.3 is 14.4 Å². The average Bonchev–Trinajstić information content (AvgIpc) is 2.84. The predicted molar refractivity (Wildman–Crippen MR) is 95.0 cm³/mol. The van der Waals surface area contributed by atoms with Crippen molar-refractivity contribution in [3.63, 3.8) is 0 Å². The first-order valence-corrected chi connectivity index (χ1v) is 8.57. The summed E-state index contributed by atoms with van der Waals surface area (Å²) in [5.74, 6) is 1.60. The molecule has 134 valence electrons. The SMILES string of the molecule is Cc1nn(C)c(C)c1CCC(=O)N(C)CC1COc2ccccc2O1. The maximum atomic E-state index is 12.5. The number of aromatic nitrogens is 2. The molecule has 1 aliphatic rings. The topological polar surface area (TPSA) is 56.6 Å². The van der Waals surface area contributed by atoms with Crippen LogP contribution in [0.2, 0.25) is 0 Å². The van der Waals surface area contributed by atoms with Gasteiger partial charge in [0.15, 0.2) is 17.6 Å². The number of carbonyl (C=O) groups is 1. The van der Waals surface area contributed by atoms with E-state index < -0.39 is 0 Å². The minimum Gasteiger partial charge on any atom is -0.486 e. The van der Waals surface area contributed by atoms with Gasteiger partial charge in [-0.2, -0.15) is 5.10 Å². The lowest BCUT2D eigenvalue weighted by molar-refractivity contribution is -0.131. The van der Waals surface area contributed by atoms with E-state index in [2.05, 4.69) is 5.10 Å². The van der Waals surface area contributed by atoms with Crippen molar-refractivity contribution < 1.29 is 14.3 Å². The molecule has 0 saturated heterocycles. The van der Waals surface area contributed by atoms with Gasteiger partial charge in [0.1, 0.15) is 6.61 Å². The molecule has 0 radical (unpaired) electrons. The zero-order chi connectivity index (χ0) is 18.0.